The lowest BCUT2D eigenvalue weighted by Crippen LogP contribution is -2.11. The van der Waals surface area contributed by atoms with Crippen LogP contribution in [0, 0.1) is 18.3 Å². The second kappa shape index (κ2) is 8.31. The van der Waals surface area contributed by atoms with E-state index < -0.39 is 11.9 Å². The molecule has 0 saturated heterocycles. The molecule has 0 atom stereocenters. The molecule has 0 aliphatic rings. The van der Waals surface area contributed by atoms with Gasteiger partial charge >= 0.3 is 11.9 Å². The third-order valence-electron chi connectivity index (χ3n) is 3.45. The predicted molar refractivity (Wildman–Crippen MR) is 94.1 cm³/mol. The maximum atomic E-state index is 12.0. The molecular weight excluding hydrogens is 340 g/mol. The number of thiophene rings is 1. The summed E-state index contributed by atoms with van der Waals surface area (Å²) in [6, 6.07) is 9.47. The fourth-order valence-electron chi connectivity index (χ4n) is 2.18. The van der Waals surface area contributed by atoms with Gasteiger partial charge in [0, 0.05) is 5.56 Å². The third kappa shape index (κ3) is 4.58. The number of esters is 2. The van der Waals surface area contributed by atoms with Gasteiger partial charge in [0.15, 0.2) is 0 Å². The minimum absolute atomic E-state index is 0.108. The zero-order chi connectivity index (χ0) is 18.4. The number of carbonyl (C=O) groups excluding carboxylic acids is 2. The van der Waals surface area contributed by atoms with Gasteiger partial charge in [0.2, 0.25) is 0 Å². The number of nitrogens with zero attached hydrogens (tertiary/aromatic N) is 1. The first-order valence-electron chi connectivity index (χ1n) is 7.65. The summed E-state index contributed by atoms with van der Waals surface area (Å²) in [5.74, 6) is -1.03. The van der Waals surface area contributed by atoms with Crippen molar-refractivity contribution in [2.45, 2.75) is 26.9 Å². The molecule has 1 aromatic heterocycles. The van der Waals surface area contributed by atoms with E-state index >= 15 is 0 Å². The van der Waals surface area contributed by atoms with E-state index in [1.807, 2.05) is 37.3 Å². The normalized spacial score (nSPS) is 10.1. The summed E-state index contributed by atoms with van der Waals surface area (Å²) in [6.45, 7) is 3.64. The number of benzene rings is 1. The molecule has 0 fully saturated rings. The molecule has 0 radical (unpaired) electrons. The minimum Gasteiger partial charge on any atom is -0.462 e. The summed E-state index contributed by atoms with van der Waals surface area (Å²) in [5.41, 5.74) is 8.15. The Hall–Kier alpha value is -2.85. The van der Waals surface area contributed by atoms with E-state index in [1.54, 1.807) is 6.92 Å². The topological polar surface area (TPSA) is 102 Å². The van der Waals surface area contributed by atoms with E-state index in [0.29, 0.717) is 5.56 Å². The number of nitrogen functional groups attached to an aromatic ring is 1. The molecule has 25 heavy (non-hydrogen) atoms. The molecule has 2 aromatic rings. The highest BCUT2D eigenvalue weighted by molar-refractivity contribution is 7.18. The van der Waals surface area contributed by atoms with Crippen molar-refractivity contribution in [2.24, 2.45) is 0 Å². The van der Waals surface area contributed by atoms with Crippen LogP contribution in [-0.4, -0.2) is 18.5 Å². The Morgan fingerprint density at radius 3 is 2.52 bits per heavy atom. The Morgan fingerprint density at radius 1 is 1.24 bits per heavy atom. The molecule has 130 valence electrons. The van der Waals surface area contributed by atoms with Gasteiger partial charge in [-0.3, -0.25) is 4.79 Å². The standard InChI is InChI=1S/C18H18N2O4S/c1-3-23-18(22)16-14(13(9-19)17(20)25-16)10-24-15(21)8-12-6-4-11(2)5-7-12/h4-7H,3,8,10,20H2,1-2H3. The zero-order valence-corrected chi connectivity index (χ0v) is 14.8. The van der Waals surface area contributed by atoms with Gasteiger partial charge in [0.25, 0.3) is 0 Å². The Bertz CT molecular complexity index is 819. The second-order valence-corrected chi connectivity index (χ2v) is 6.36. The molecule has 7 heteroatoms. The van der Waals surface area contributed by atoms with E-state index in [-0.39, 0.29) is 35.1 Å². The first kappa shape index (κ1) is 18.5. The Morgan fingerprint density at radius 2 is 1.92 bits per heavy atom. The number of anilines is 1. The number of hydrogen-bond donors (Lipinski definition) is 1. The van der Waals surface area contributed by atoms with Crippen molar-refractivity contribution < 1.29 is 19.1 Å². The fraction of sp³-hybridized carbons (Fsp3) is 0.278. The first-order chi connectivity index (χ1) is 12.0. The van der Waals surface area contributed by atoms with Crippen LogP contribution in [0.5, 0.6) is 0 Å². The zero-order valence-electron chi connectivity index (χ0n) is 14.0. The lowest BCUT2D eigenvalue weighted by atomic mass is 10.1. The van der Waals surface area contributed by atoms with E-state index in [9.17, 15) is 14.9 Å². The Labute approximate surface area is 149 Å². The van der Waals surface area contributed by atoms with Crippen molar-refractivity contribution in [1.82, 2.24) is 0 Å². The molecule has 2 N–H and O–H groups in total. The predicted octanol–water partition coefficient (Wildman–Crippen LogP) is 2.97. The molecule has 0 unspecified atom stereocenters. The number of ether oxygens (including phenoxy) is 2. The van der Waals surface area contributed by atoms with Gasteiger partial charge in [-0.25, -0.2) is 4.79 Å². The number of hydrogen-bond acceptors (Lipinski definition) is 7. The lowest BCUT2D eigenvalue weighted by molar-refractivity contribution is -0.144. The Balaban J connectivity index is 2.11. The molecular formula is C18H18N2O4S. The van der Waals surface area contributed by atoms with E-state index in [2.05, 4.69) is 0 Å². The molecule has 0 bridgehead atoms. The van der Waals surface area contributed by atoms with Crippen LogP contribution >= 0.6 is 11.3 Å². The highest BCUT2D eigenvalue weighted by Gasteiger charge is 2.23. The first-order valence-corrected chi connectivity index (χ1v) is 8.47. The average molecular weight is 358 g/mol. The summed E-state index contributed by atoms with van der Waals surface area (Å²) >= 11 is 0.960. The largest absolute Gasteiger partial charge is 0.462 e. The van der Waals surface area contributed by atoms with Crippen LogP contribution in [0.2, 0.25) is 0 Å². The quantitative estimate of drug-likeness (QED) is 0.796. The summed E-state index contributed by atoms with van der Waals surface area (Å²) in [4.78, 5) is 24.2. The van der Waals surface area contributed by atoms with Gasteiger partial charge in [0.1, 0.15) is 22.6 Å². The number of nitriles is 1. The fourth-order valence-corrected chi connectivity index (χ4v) is 3.10. The molecule has 6 nitrogen and oxygen atoms in total. The SMILES string of the molecule is CCOC(=O)c1sc(N)c(C#N)c1COC(=O)Cc1ccc(C)cc1. The molecule has 0 aliphatic heterocycles. The number of rotatable bonds is 6. The van der Waals surface area contributed by atoms with Crippen LogP contribution < -0.4 is 5.73 Å². The summed E-state index contributed by atoms with van der Waals surface area (Å²) in [5, 5.41) is 9.44. The Kier molecular flexibility index (Phi) is 6.14. The van der Waals surface area contributed by atoms with Crippen LogP contribution in [-0.2, 0) is 27.3 Å². The van der Waals surface area contributed by atoms with Crippen molar-refractivity contribution in [3.05, 3.63) is 51.4 Å². The van der Waals surface area contributed by atoms with E-state index in [4.69, 9.17) is 15.2 Å². The monoisotopic (exact) mass is 358 g/mol. The summed E-state index contributed by atoms with van der Waals surface area (Å²) in [6.07, 6.45) is 0.108. The molecule has 0 saturated carbocycles. The van der Waals surface area contributed by atoms with Crippen molar-refractivity contribution in [2.75, 3.05) is 12.3 Å². The van der Waals surface area contributed by atoms with Gasteiger partial charge in [-0.2, -0.15) is 5.26 Å². The van der Waals surface area contributed by atoms with Crippen molar-refractivity contribution in [3.8, 4) is 6.07 Å². The molecule has 0 spiro atoms. The van der Waals surface area contributed by atoms with Crippen molar-refractivity contribution in [3.63, 3.8) is 0 Å². The third-order valence-corrected chi connectivity index (χ3v) is 4.49. The molecule has 0 aliphatic carbocycles. The van der Waals surface area contributed by atoms with Crippen LogP contribution in [0.1, 0.15) is 38.8 Å². The van der Waals surface area contributed by atoms with Gasteiger partial charge in [-0.1, -0.05) is 29.8 Å². The van der Waals surface area contributed by atoms with Crippen molar-refractivity contribution >= 4 is 28.3 Å². The average Bonchev–Trinajstić information content (AvgIpc) is 2.91. The minimum atomic E-state index is -0.578. The van der Waals surface area contributed by atoms with Crippen LogP contribution in [0.3, 0.4) is 0 Å². The van der Waals surface area contributed by atoms with Gasteiger partial charge in [-0.15, -0.1) is 11.3 Å². The van der Waals surface area contributed by atoms with Gasteiger partial charge in [0.05, 0.1) is 18.6 Å². The molecule has 1 heterocycles. The van der Waals surface area contributed by atoms with Gasteiger partial charge < -0.3 is 15.2 Å². The number of aryl methyl sites for hydroxylation is 1. The van der Waals surface area contributed by atoms with E-state index in [1.165, 1.54) is 0 Å². The number of carbonyl (C=O) groups is 2. The maximum Gasteiger partial charge on any atom is 0.348 e. The van der Waals surface area contributed by atoms with Crippen LogP contribution in [0.4, 0.5) is 5.00 Å². The highest BCUT2D eigenvalue weighted by atomic mass is 32.1. The van der Waals surface area contributed by atoms with Crippen LogP contribution in [0.25, 0.3) is 0 Å². The molecule has 0 amide bonds. The lowest BCUT2D eigenvalue weighted by Gasteiger charge is -2.07. The van der Waals surface area contributed by atoms with Gasteiger partial charge in [-0.05, 0) is 19.4 Å². The summed E-state index contributed by atoms with van der Waals surface area (Å²) < 4.78 is 10.2. The highest BCUT2D eigenvalue weighted by Crippen LogP contribution is 2.31. The molecule has 1 aromatic carbocycles. The second-order valence-electron chi connectivity index (χ2n) is 5.30. The van der Waals surface area contributed by atoms with Crippen molar-refractivity contribution in [1.29, 1.82) is 5.26 Å². The van der Waals surface area contributed by atoms with E-state index in [0.717, 1.165) is 22.5 Å². The van der Waals surface area contributed by atoms with Crippen LogP contribution in [0.15, 0.2) is 24.3 Å². The smallest absolute Gasteiger partial charge is 0.348 e. The maximum absolute atomic E-state index is 12.0. The number of nitrogens with two attached hydrogens (primary N) is 1. The molecule has 2 rings (SSSR count). The summed E-state index contributed by atoms with van der Waals surface area (Å²) in [7, 11) is 0.